The number of nitrogens with two attached hydrogens (primary N) is 1. The van der Waals surface area contributed by atoms with Crippen LogP contribution in [0.4, 0.5) is 4.79 Å². The molecule has 1 saturated heterocycles. The molecule has 0 bridgehead atoms. The smallest absolute Gasteiger partial charge is 0.410 e. The Kier molecular flexibility index (Phi) is 6.12. The maximum atomic E-state index is 12.2. The van der Waals surface area contributed by atoms with Gasteiger partial charge < -0.3 is 20.1 Å². The number of rotatable bonds is 5. The quantitative estimate of drug-likeness (QED) is 0.885. The molecule has 26 heavy (non-hydrogen) atoms. The Morgan fingerprint density at radius 3 is 2.38 bits per heavy atom. The molecule has 0 aromatic heterocycles. The zero-order valence-electron chi connectivity index (χ0n) is 15.1. The molecule has 0 aliphatic carbocycles. The molecule has 2 aromatic rings. The molecule has 0 radical (unpaired) electrons. The van der Waals surface area contributed by atoms with E-state index in [-0.39, 0.29) is 18.2 Å². The topological polar surface area (TPSA) is 64.8 Å². The first kappa shape index (κ1) is 18.3. The average molecular weight is 354 g/mol. The van der Waals surface area contributed by atoms with E-state index in [4.69, 9.17) is 15.2 Å². The maximum absolute atomic E-state index is 12.2. The number of hydrogen-bond donors (Lipinski definition) is 1. The molecule has 1 fully saturated rings. The van der Waals surface area contributed by atoms with Crippen LogP contribution in [-0.2, 0) is 11.3 Å². The fourth-order valence-corrected chi connectivity index (χ4v) is 3.01. The zero-order chi connectivity index (χ0) is 18.4. The summed E-state index contributed by atoms with van der Waals surface area (Å²) in [6.07, 6.45) is 1.47. The Balaban J connectivity index is 1.42. The van der Waals surface area contributed by atoms with Gasteiger partial charge in [0.1, 0.15) is 18.5 Å². The summed E-state index contributed by atoms with van der Waals surface area (Å²) in [4.78, 5) is 13.9. The van der Waals surface area contributed by atoms with E-state index in [2.05, 4.69) is 0 Å². The molecular formula is C21H26N2O3. The van der Waals surface area contributed by atoms with Crippen molar-refractivity contribution in [2.75, 3.05) is 13.1 Å². The molecular weight excluding hydrogens is 328 g/mol. The van der Waals surface area contributed by atoms with Crippen LogP contribution in [0.25, 0.3) is 0 Å². The van der Waals surface area contributed by atoms with Crippen molar-refractivity contribution < 1.29 is 14.3 Å². The van der Waals surface area contributed by atoms with Crippen molar-refractivity contribution in [1.29, 1.82) is 0 Å². The second kappa shape index (κ2) is 8.72. The van der Waals surface area contributed by atoms with Crippen LogP contribution in [0.2, 0.25) is 0 Å². The predicted octanol–water partition coefficient (Wildman–Crippen LogP) is 3.89. The molecule has 1 aliphatic rings. The number of hydrogen-bond acceptors (Lipinski definition) is 4. The standard InChI is InChI=1S/C21H26N2O3/c1-16(22)18-7-9-19(10-8-18)26-20-11-13-23(14-12-20)21(24)25-15-17-5-3-2-4-6-17/h2-10,16,20H,11-15,22H2,1H3/t16-/m0/s1. The van der Waals surface area contributed by atoms with Crippen molar-refractivity contribution in [3.05, 3.63) is 65.7 Å². The van der Waals surface area contributed by atoms with Crippen LogP contribution in [-0.4, -0.2) is 30.2 Å². The summed E-state index contributed by atoms with van der Waals surface area (Å²) in [5.74, 6) is 0.847. The van der Waals surface area contributed by atoms with Crippen LogP contribution in [0.3, 0.4) is 0 Å². The van der Waals surface area contributed by atoms with Crippen molar-refractivity contribution >= 4 is 6.09 Å². The molecule has 0 saturated carbocycles. The first-order valence-corrected chi connectivity index (χ1v) is 9.09. The number of piperidine rings is 1. The fourth-order valence-electron chi connectivity index (χ4n) is 3.01. The number of ether oxygens (including phenoxy) is 2. The molecule has 1 amide bonds. The van der Waals surface area contributed by atoms with Crippen molar-refractivity contribution in [1.82, 2.24) is 4.90 Å². The lowest BCUT2D eigenvalue weighted by molar-refractivity contribution is 0.0638. The first-order chi connectivity index (χ1) is 12.6. The van der Waals surface area contributed by atoms with E-state index in [9.17, 15) is 4.79 Å². The Hall–Kier alpha value is -2.53. The summed E-state index contributed by atoms with van der Waals surface area (Å²) in [5.41, 5.74) is 7.95. The van der Waals surface area contributed by atoms with Gasteiger partial charge in [0.15, 0.2) is 0 Å². The van der Waals surface area contributed by atoms with Crippen LogP contribution in [0.15, 0.2) is 54.6 Å². The Labute approximate surface area is 154 Å². The summed E-state index contributed by atoms with van der Waals surface area (Å²) >= 11 is 0. The van der Waals surface area contributed by atoms with Gasteiger partial charge in [-0.25, -0.2) is 4.79 Å². The van der Waals surface area contributed by atoms with Crippen molar-refractivity contribution in [3.8, 4) is 5.75 Å². The van der Waals surface area contributed by atoms with E-state index < -0.39 is 0 Å². The van der Waals surface area contributed by atoms with Gasteiger partial charge in [-0.15, -0.1) is 0 Å². The third kappa shape index (κ3) is 4.99. The molecule has 5 nitrogen and oxygen atoms in total. The first-order valence-electron chi connectivity index (χ1n) is 9.09. The number of amides is 1. The van der Waals surface area contributed by atoms with Crippen molar-refractivity contribution in [3.63, 3.8) is 0 Å². The number of likely N-dealkylation sites (tertiary alicyclic amines) is 1. The lowest BCUT2D eigenvalue weighted by Crippen LogP contribution is -2.42. The van der Waals surface area contributed by atoms with E-state index in [0.717, 1.165) is 29.7 Å². The minimum absolute atomic E-state index is 0.0224. The van der Waals surface area contributed by atoms with Gasteiger partial charge >= 0.3 is 6.09 Å². The highest BCUT2D eigenvalue weighted by Gasteiger charge is 2.24. The summed E-state index contributed by atoms with van der Waals surface area (Å²) in [6.45, 7) is 3.57. The predicted molar refractivity (Wildman–Crippen MR) is 101 cm³/mol. The molecule has 0 unspecified atom stereocenters. The Bertz CT molecular complexity index is 693. The van der Waals surface area contributed by atoms with Crippen LogP contribution >= 0.6 is 0 Å². The number of carbonyl (C=O) groups is 1. The van der Waals surface area contributed by atoms with Crippen molar-refractivity contribution in [2.24, 2.45) is 5.73 Å². The van der Waals surface area contributed by atoms with Gasteiger partial charge in [0.05, 0.1) is 0 Å². The Morgan fingerprint density at radius 2 is 1.77 bits per heavy atom. The number of carbonyl (C=O) groups excluding carboxylic acids is 1. The lowest BCUT2D eigenvalue weighted by atomic mass is 10.1. The van der Waals surface area contributed by atoms with Crippen LogP contribution in [0, 0.1) is 0 Å². The molecule has 0 spiro atoms. The van der Waals surface area contributed by atoms with Gasteiger partial charge in [-0.3, -0.25) is 0 Å². The summed E-state index contributed by atoms with van der Waals surface area (Å²) in [7, 11) is 0. The van der Waals surface area contributed by atoms with Gasteiger partial charge in [-0.1, -0.05) is 42.5 Å². The number of nitrogens with zero attached hydrogens (tertiary/aromatic N) is 1. The van der Waals surface area contributed by atoms with Crippen LogP contribution in [0.1, 0.15) is 36.9 Å². The van der Waals surface area contributed by atoms with Crippen LogP contribution in [0.5, 0.6) is 5.75 Å². The van der Waals surface area contributed by atoms with Crippen molar-refractivity contribution in [2.45, 2.75) is 38.5 Å². The van der Waals surface area contributed by atoms with Gasteiger partial charge in [-0.2, -0.15) is 0 Å². The molecule has 2 aromatic carbocycles. The van der Waals surface area contributed by atoms with Gasteiger partial charge in [-0.05, 0) is 30.2 Å². The summed E-state index contributed by atoms with van der Waals surface area (Å²) < 4.78 is 11.4. The molecule has 1 atom stereocenters. The molecule has 138 valence electrons. The van der Waals surface area contributed by atoms with E-state index >= 15 is 0 Å². The minimum Gasteiger partial charge on any atom is -0.490 e. The minimum atomic E-state index is -0.256. The molecule has 5 heteroatoms. The second-order valence-corrected chi connectivity index (χ2v) is 6.70. The fraction of sp³-hybridized carbons (Fsp3) is 0.381. The highest BCUT2D eigenvalue weighted by molar-refractivity contribution is 5.67. The number of benzene rings is 2. The third-order valence-electron chi connectivity index (χ3n) is 4.61. The van der Waals surface area contributed by atoms with E-state index in [1.54, 1.807) is 4.90 Å². The van der Waals surface area contributed by atoms with E-state index in [0.29, 0.717) is 19.7 Å². The zero-order valence-corrected chi connectivity index (χ0v) is 15.1. The van der Waals surface area contributed by atoms with Gasteiger partial charge in [0, 0.05) is 32.0 Å². The molecule has 1 aliphatic heterocycles. The van der Waals surface area contributed by atoms with Gasteiger partial charge in [0.25, 0.3) is 0 Å². The maximum Gasteiger partial charge on any atom is 0.410 e. The van der Waals surface area contributed by atoms with E-state index in [1.165, 1.54) is 0 Å². The second-order valence-electron chi connectivity index (χ2n) is 6.70. The summed E-state index contributed by atoms with van der Waals surface area (Å²) in [5, 5.41) is 0. The third-order valence-corrected chi connectivity index (χ3v) is 4.61. The molecule has 2 N–H and O–H groups in total. The molecule has 1 heterocycles. The largest absolute Gasteiger partial charge is 0.490 e. The SMILES string of the molecule is C[C@H](N)c1ccc(OC2CCN(C(=O)OCc3ccccc3)CC2)cc1. The summed E-state index contributed by atoms with van der Waals surface area (Å²) in [6, 6.07) is 17.6. The normalized spacial score (nSPS) is 16.2. The lowest BCUT2D eigenvalue weighted by Gasteiger charge is -2.31. The average Bonchev–Trinajstić information content (AvgIpc) is 2.68. The van der Waals surface area contributed by atoms with Gasteiger partial charge in [0.2, 0.25) is 0 Å². The van der Waals surface area contributed by atoms with Crippen LogP contribution < -0.4 is 10.5 Å². The monoisotopic (exact) mass is 354 g/mol. The highest BCUT2D eigenvalue weighted by atomic mass is 16.6. The Morgan fingerprint density at radius 1 is 1.12 bits per heavy atom. The molecule has 3 rings (SSSR count). The highest BCUT2D eigenvalue weighted by Crippen LogP contribution is 2.21. The van der Waals surface area contributed by atoms with E-state index in [1.807, 2.05) is 61.5 Å².